The van der Waals surface area contributed by atoms with Gasteiger partial charge < -0.3 is 9.64 Å². The molecule has 0 aromatic heterocycles. The maximum atomic E-state index is 13.4. The van der Waals surface area contributed by atoms with Crippen LogP contribution in [-0.4, -0.2) is 48.4 Å². The first kappa shape index (κ1) is 20.7. The number of nitrogens with zero attached hydrogens (tertiary/aromatic N) is 2. The molecule has 0 aliphatic carbocycles. The van der Waals surface area contributed by atoms with Gasteiger partial charge in [-0.3, -0.25) is 14.5 Å². The van der Waals surface area contributed by atoms with Crippen molar-refractivity contribution in [2.45, 2.75) is 19.9 Å². The van der Waals surface area contributed by atoms with Crippen molar-refractivity contribution in [1.29, 1.82) is 0 Å². The summed E-state index contributed by atoms with van der Waals surface area (Å²) < 4.78 is 18.7. The summed E-state index contributed by atoms with van der Waals surface area (Å²) in [6.07, 6.45) is 0.567. The van der Waals surface area contributed by atoms with Crippen molar-refractivity contribution in [3.63, 3.8) is 0 Å². The molecule has 29 heavy (non-hydrogen) atoms. The minimum Gasteiger partial charge on any atom is -0.382 e. The van der Waals surface area contributed by atoms with Crippen LogP contribution in [0, 0.1) is 5.82 Å². The van der Waals surface area contributed by atoms with Gasteiger partial charge in [0.1, 0.15) is 11.5 Å². The van der Waals surface area contributed by atoms with E-state index in [1.807, 2.05) is 37.3 Å². The van der Waals surface area contributed by atoms with Crippen molar-refractivity contribution in [3.05, 3.63) is 77.2 Å². The molecule has 6 heteroatoms. The number of likely N-dealkylation sites (N-methyl/N-ethyl adjacent to an activating group) is 1. The van der Waals surface area contributed by atoms with E-state index in [-0.39, 0.29) is 24.2 Å². The normalized spacial score (nSPS) is 14.1. The second-order valence-electron chi connectivity index (χ2n) is 6.88. The van der Waals surface area contributed by atoms with E-state index in [2.05, 4.69) is 0 Å². The highest BCUT2D eigenvalue weighted by molar-refractivity contribution is 6.35. The van der Waals surface area contributed by atoms with Crippen molar-refractivity contribution >= 4 is 17.4 Å². The zero-order valence-corrected chi connectivity index (χ0v) is 16.7. The molecule has 2 aromatic rings. The molecule has 0 unspecified atom stereocenters. The van der Waals surface area contributed by atoms with E-state index < -0.39 is 0 Å². The Morgan fingerprint density at radius 2 is 1.69 bits per heavy atom. The molecular formula is C23H25FN2O3. The third-order valence-corrected chi connectivity index (χ3v) is 4.80. The smallest absolute Gasteiger partial charge is 0.277 e. The molecule has 1 heterocycles. The fourth-order valence-corrected chi connectivity index (χ4v) is 3.40. The number of ether oxygens (including phenoxy) is 1. The van der Waals surface area contributed by atoms with Crippen molar-refractivity contribution in [2.24, 2.45) is 0 Å². The van der Waals surface area contributed by atoms with Gasteiger partial charge in [-0.1, -0.05) is 42.5 Å². The van der Waals surface area contributed by atoms with E-state index in [1.165, 1.54) is 29.2 Å². The molecule has 2 aromatic carbocycles. The minimum atomic E-state index is -0.390. The summed E-state index contributed by atoms with van der Waals surface area (Å²) in [7, 11) is 1.79. The molecule has 0 spiro atoms. The van der Waals surface area contributed by atoms with Gasteiger partial charge in [0.15, 0.2) is 0 Å². The van der Waals surface area contributed by atoms with Crippen molar-refractivity contribution in [3.8, 4) is 0 Å². The van der Waals surface area contributed by atoms with Gasteiger partial charge in [-0.25, -0.2) is 4.39 Å². The summed E-state index contributed by atoms with van der Waals surface area (Å²) >= 11 is 0. The predicted molar refractivity (Wildman–Crippen MR) is 109 cm³/mol. The van der Waals surface area contributed by atoms with Crippen molar-refractivity contribution in [2.75, 3.05) is 26.8 Å². The highest BCUT2D eigenvalue weighted by Crippen LogP contribution is 2.32. The van der Waals surface area contributed by atoms with Gasteiger partial charge in [-0.05, 0) is 36.6 Å². The van der Waals surface area contributed by atoms with Crippen LogP contribution in [0.4, 0.5) is 4.39 Å². The van der Waals surface area contributed by atoms with Crippen LogP contribution in [0.5, 0.6) is 0 Å². The monoisotopic (exact) mass is 396 g/mol. The van der Waals surface area contributed by atoms with Crippen molar-refractivity contribution in [1.82, 2.24) is 9.80 Å². The number of benzene rings is 2. The largest absolute Gasteiger partial charge is 0.382 e. The molecule has 0 radical (unpaired) electrons. The zero-order valence-electron chi connectivity index (χ0n) is 16.7. The lowest BCUT2D eigenvalue weighted by molar-refractivity contribution is -0.137. The standard InChI is InChI=1S/C23H25FN2O3/c1-3-29-15-7-14-26-22(27)20(18-10-12-19(24)13-11-18)21(23(26)28)25(2)16-17-8-5-4-6-9-17/h4-6,8-13H,3,7,14-16H2,1-2H3. The Hall–Kier alpha value is -2.99. The average Bonchev–Trinajstić information content (AvgIpc) is 2.97. The summed E-state index contributed by atoms with van der Waals surface area (Å²) in [5.41, 5.74) is 2.20. The fraction of sp³-hybridized carbons (Fsp3) is 0.304. The topological polar surface area (TPSA) is 49.9 Å². The number of halogens is 1. The first-order valence-corrected chi connectivity index (χ1v) is 9.72. The van der Waals surface area contributed by atoms with E-state index >= 15 is 0 Å². The van der Waals surface area contributed by atoms with E-state index in [4.69, 9.17) is 4.74 Å². The molecule has 0 saturated carbocycles. The number of carbonyl (C=O) groups is 2. The Balaban J connectivity index is 1.92. The third kappa shape index (κ3) is 4.71. The van der Waals surface area contributed by atoms with Crippen LogP contribution in [0.1, 0.15) is 24.5 Å². The molecule has 3 rings (SSSR count). The average molecular weight is 396 g/mol. The van der Waals surface area contributed by atoms with Crippen LogP contribution in [0.15, 0.2) is 60.3 Å². The summed E-state index contributed by atoms with van der Waals surface area (Å²) in [5, 5.41) is 0. The number of amides is 2. The van der Waals surface area contributed by atoms with Crippen LogP contribution in [0.2, 0.25) is 0 Å². The molecule has 0 N–H and O–H groups in total. The van der Waals surface area contributed by atoms with Crippen LogP contribution >= 0.6 is 0 Å². The maximum Gasteiger partial charge on any atom is 0.277 e. The Kier molecular flexibility index (Phi) is 6.77. The van der Waals surface area contributed by atoms with Crippen LogP contribution in [-0.2, 0) is 20.9 Å². The molecule has 0 atom stereocenters. The summed E-state index contributed by atoms with van der Waals surface area (Å²) in [6.45, 7) is 3.73. The van der Waals surface area contributed by atoms with E-state index in [0.29, 0.717) is 43.0 Å². The lowest BCUT2D eigenvalue weighted by Crippen LogP contribution is -2.35. The second kappa shape index (κ2) is 9.47. The predicted octanol–water partition coefficient (Wildman–Crippen LogP) is 3.46. The van der Waals surface area contributed by atoms with Crippen LogP contribution in [0.3, 0.4) is 0 Å². The molecule has 0 fully saturated rings. The molecule has 152 valence electrons. The zero-order chi connectivity index (χ0) is 20.8. The molecule has 0 bridgehead atoms. The van der Waals surface area contributed by atoms with E-state index in [0.717, 1.165) is 5.56 Å². The fourth-order valence-electron chi connectivity index (χ4n) is 3.40. The summed E-state index contributed by atoms with van der Waals surface area (Å²) in [6, 6.07) is 15.4. The van der Waals surface area contributed by atoms with Gasteiger partial charge in [0.2, 0.25) is 0 Å². The Morgan fingerprint density at radius 3 is 2.34 bits per heavy atom. The summed E-state index contributed by atoms with van der Waals surface area (Å²) in [5.74, 6) is -1.07. The molecule has 0 saturated heterocycles. The Bertz CT molecular complexity index is 894. The van der Waals surface area contributed by atoms with Gasteiger partial charge in [-0.2, -0.15) is 0 Å². The van der Waals surface area contributed by atoms with Gasteiger partial charge in [0, 0.05) is 33.4 Å². The lowest BCUT2D eigenvalue weighted by Gasteiger charge is -2.21. The lowest BCUT2D eigenvalue weighted by atomic mass is 10.0. The maximum absolute atomic E-state index is 13.4. The Labute approximate surface area is 170 Å². The van der Waals surface area contributed by atoms with Crippen molar-refractivity contribution < 1.29 is 18.7 Å². The molecule has 1 aliphatic rings. The number of rotatable bonds is 9. The number of carbonyl (C=O) groups excluding carboxylic acids is 2. The molecule has 5 nitrogen and oxygen atoms in total. The first-order valence-electron chi connectivity index (χ1n) is 9.72. The van der Waals surface area contributed by atoms with Gasteiger partial charge in [0.05, 0.1) is 5.57 Å². The van der Waals surface area contributed by atoms with Crippen LogP contribution < -0.4 is 0 Å². The van der Waals surface area contributed by atoms with Gasteiger partial charge in [-0.15, -0.1) is 0 Å². The third-order valence-electron chi connectivity index (χ3n) is 4.80. The Morgan fingerprint density at radius 1 is 1.00 bits per heavy atom. The second-order valence-corrected chi connectivity index (χ2v) is 6.88. The van der Waals surface area contributed by atoms with Gasteiger partial charge >= 0.3 is 0 Å². The number of hydrogen-bond donors (Lipinski definition) is 0. The van der Waals surface area contributed by atoms with Crippen LogP contribution in [0.25, 0.3) is 5.57 Å². The number of imide groups is 1. The van der Waals surface area contributed by atoms with E-state index in [9.17, 15) is 14.0 Å². The molecular weight excluding hydrogens is 371 g/mol. The van der Waals surface area contributed by atoms with Gasteiger partial charge in [0.25, 0.3) is 11.8 Å². The quantitative estimate of drug-likeness (QED) is 0.481. The first-order chi connectivity index (χ1) is 14.0. The van der Waals surface area contributed by atoms with E-state index in [1.54, 1.807) is 11.9 Å². The summed E-state index contributed by atoms with van der Waals surface area (Å²) in [4.78, 5) is 29.3. The SMILES string of the molecule is CCOCCCN1C(=O)C(c2ccc(F)cc2)=C(N(C)Cc2ccccc2)C1=O. The highest BCUT2D eigenvalue weighted by Gasteiger charge is 2.40. The highest BCUT2D eigenvalue weighted by atomic mass is 19.1. The number of hydrogen-bond acceptors (Lipinski definition) is 4. The molecule has 2 amide bonds. The molecule has 1 aliphatic heterocycles. The minimum absolute atomic E-state index is 0.283.